The van der Waals surface area contributed by atoms with E-state index in [0.717, 1.165) is 16.9 Å². The van der Waals surface area contributed by atoms with Gasteiger partial charge in [0.05, 0.1) is 25.2 Å². The van der Waals surface area contributed by atoms with Gasteiger partial charge in [-0.1, -0.05) is 0 Å². The lowest BCUT2D eigenvalue weighted by Gasteiger charge is -2.16. The topological polar surface area (TPSA) is 100 Å². The number of nitrogens with one attached hydrogen (secondary N) is 1. The molecule has 2 heterocycles. The molecule has 1 atom stereocenters. The lowest BCUT2D eigenvalue weighted by Crippen LogP contribution is -2.23. The van der Waals surface area contributed by atoms with Crippen molar-refractivity contribution in [3.8, 4) is 11.5 Å². The van der Waals surface area contributed by atoms with Crippen LogP contribution in [0.1, 0.15) is 6.92 Å². The van der Waals surface area contributed by atoms with Crippen LogP contribution in [0.5, 0.6) is 11.5 Å². The Kier molecular flexibility index (Phi) is 4.37. The van der Waals surface area contributed by atoms with Gasteiger partial charge in [-0.05, 0) is 31.2 Å². The molecule has 0 spiro atoms. The molecular formula is C16H20N6O2. The highest BCUT2D eigenvalue weighted by Gasteiger charge is 2.10. The predicted molar refractivity (Wildman–Crippen MR) is 92.3 cm³/mol. The summed E-state index contributed by atoms with van der Waals surface area (Å²) in [6.07, 6.45) is 1.58. The number of aromatic nitrogens is 4. The SMILES string of the molecule is COc1ccc(OC(C)CNc2nc(N)c3cnn(C)c3n2)cc1. The minimum atomic E-state index is -0.0783. The highest BCUT2D eigenvalue weighted by molar-refractivity contribution is 5.86. The Bertz CT molecular complexity index is 830. The highest BCUT2D eigenvalue weighted by Crippen LogP contribution is 2.20. The summed E-state index contributed by atoms with van der Waals surface area (Å²) in [5.74, 6) is 2.42. The van der Waals surface area contributed by atoms with E-state index in [1.807, 2.05) is 38.2 Å². The van der Waals surface area contributed by atoms with E-state index in [1.165, 1.54) is 0 Å². The summed E-state index contributed by atoms with van der Waals surface area (Å²) in [6, 6.07) is 7.45. The second kappa shape index (κ2) is 6.61. The van der Waals surface area contributed by atoms with Gasteiger partial charge in [-0.15, -0.1) is 0 Å². The molecule has 0 amide bonds. The molecule has 2 aromatic heterocycles. The van der Waals surface area contributed by atoms with Crippen molar-refractivity contribution in [2.24, 2.45) is 7.05 Å². The van der Waals surface area contributed by atoms with E-state index in [4.69, 9.17) is 15.2 Å². The number of benzene rings is 1. The fourth-order valence-corrected chi connectivity index (χ4v) is 2.29. The third-order valence-corrected chi connectivity index (χ3v) is 3.57. The van der Waals surface area contributed by atoms with Gasteiger partial charge in [-0.25, -0.2) is 0 Å². The number of methoxy groups -OCH3 is 1. The number of nitrogens with zero attached hydrogens (tertiary/aromatic N) is 4. The summed E-state index contributed by atoms with van der Waals surface area (Å²) < 4.78 is 12.6. The number of nitrogen functional groups attached to an aromatic ring is 1. The number of nitrogens with two attached hydrogens (primary N) is 1. The summed E-state index contributed by atoms with van der Waals surface area (Å²) in [5, 5.41) is 8.02. The monoisotopic (exact) mass is 328 g/mol. The summed E-state index contributed by atoms with van der Waals surface area (Å²) >= 11 is 0. The Balaban J connectivity index is 1.63. The number of aryl methyl sites for hydroxylation is 1. The first-order chi connectivity index (χ1) is 11.6. The first-order valence-electron chi connectivity index (χ1n) is 7.56. The summed E-state index contributed by atoms with van der Waals surface area (Å²) in [4.78, 5) is 8.67. The largest absolute Gasteiger partial charge is 0.497 e. The van der Waals surface area contributed by atoms with E-state index in [2.05, 4.69) is 20.4 Å². The molecule has 0 fully saturated rings. The Morgan fingerprint density at radius 2 is 1.92 bits per heavy atom. The van der Waals surface area contributed by atoms with Crippen molar-refractivity contribution < 1.29 is 9.47 Å². The van der Waals surface area contributed by atoms with Gasteiger partial charge in [0.2, 0.25) is 5.95 Å². The molecule has 0 saturated heterocycles. The minimum absolute atomic E-state index is 0.0783. The molecule has 0 radical (unpaired) electrons. The van der Waals surface area contributed by atoms with Crippen molar-refractivity contribution in [1.29, 1.82) is 0 Å². The molecule has 0 saturated carbocycles. The van der Waals surface area contributed by atoms with Gasteiger partial charge >= 0.3 is 0 Å². The van der Waals surface area contributed by atoms with Crippen LogP contribution in [0, 0.1) is 0 Å². The van der Waals surface area contributed by atoms with Gasteiger partial charge in [0.1, 0.15) is 23.4 Å². The number of hydrogen-bond acceptors (Lipinski definition) is 7. The third kappa shape index (κ3) is 3.32. The van der Waals surface area contributed by atoms with Crippen LogP contribution in [-0.4, -0.2) is 39.5 Å². The van der Waals surface area contributed by atoms with E-state index in [1.54, 1.807) is 18.0 Å². The molecule has 0 aliphatic heterocycles. The summed E-state index contributed by atoms with van der Waals surface area (Å²) in [7, 11) is 3.45. The summed E-state index contributed by atoms with van der Waals surface area (Å²) in [6.45, 7) is 2.50. The normalized spacial score (nSPS) is 12.1. The van der Waals surface area contributed by atoms with Crippen LogP contribution in [0.15, 0.2) is 30.5 Å². The van der Waals surface area contributed by atoms with Crippen molar-refractivity contribution in [1.82, 2.24) is 19.7 Å². The number of anilines is 2. The maximum atomic E-state index is 5.94. The molecule has 1 unspecified atom stereocenters. The fraction of sp³-hybridized carbons (Fsp3) is 0.312. The van der Waals surface area contributed by atoms with E-state index in [0.29, 0.717) is 24.0 Å². The standard InChI is InChI=1S/C16H20N6O2/c1-10(24-12-6-4-11(23-3)5-7-12)8-18-16-20-14(17)13-9-19-22(2)15(13)21-16/h4-7,9-10H,8H2,1-3H3,(H3,17,18,20,21). The van der Waals surface area contributed by atoms with Crippen LogP contribution in [-0.2, 0) is 7.05 Å². The van der Waals surface area contributed by atoms with Crippen molar-refractivity contribution in [3.63, 3.8) is 0 Å². The van der Waals surface area contributed by atoms with Gasteiger partial charge in [-0.2, -0.15) is 15.1 Å². The average molecular weight is 328 g/mol. The van der Waals surface area contributed by atoms with Gasteiger partial charge in [0.25, 0.3) is 0 Å². The Morgan fingerprint density at radius 3 is 2.62 bits per heavy atom. The first-order valence-corrected chi connectivity index (χ1v) is 7.56. The summed E-state index contributed by atoms with van der Waals surface area (Å²) in [5.41, 5.74) is 6.63. The van der Waals surface area contributed by atoms with Crippen molar-refractivity contribution >= 4 is 22.8 Å². The molecule has 126 valence electrons. The molecule has 3 rings (SSSR count). The number of rotatable bonds is 6. The van der Waals surface area contributed by atoms with Gasteiger partial charge in [-0.3, -0.25) is 4.68 Å². The predicted octanol–water partition coefficient (Wildman–Crippen LogP) is 1.83. The zero-order chi connectivity index (χ0) is 17.1. The average Bonchev–Trinajstić information content (AvgIpc) is 2.95. The van der Waals surface area contributed by atoms with Gasteiger partial charge in [0, 0.05) is 7.05 Å². The minimum Gasteiger partial charge on any atom is -0.497 e. The van der Waals surface area contributed by atoms with Crippen molar-refractivity contribution in [2.45, 2.75) is 13.0 Å². The van der Waals surface area contributed by atoms with Crippen LogP contribution in [0.3, 0.4) is 0 Å². The Morgan fingerprint density at radius 1 is 1.21 bits per heavy atom. The molecule has 0 bridgehead atoms. The smallest absolute Gasteiger partial charge is 0.226 e. The number of hydrogen-bond donors (Lipinski definition) is 2. The molecular weight excluding hydrogens is 308 g/mol. The molecule has 24 heavy (non-hydrogen) atoms. The van der Waals surface area contributed by atoms with Gasteiger partial charge < -0.3 is 20.5 Å². The van der Waals surface area contributed by atoms with Crippen LogP contribution in [0.4, 0.5) is 11.8 Å². The lowest BCUT2D eigenvalue weighted by atomic mass is 10.3. The highest BCUT2D eigenvalue weighted by atomic mass is 16.5. The number of ether oxygens (including phenoxy) is 2. The van der Waals surface area contributed by atoms with Crippen LogP contribution >= 0.6 is 0 Å². The molecule has 3 N–H and O–H groups in total. The molecule has 8 heteroatoms. The van der Waals surface area contributed by atoms with E-state index < -0.39 is 0 Å². The Labute approximate surface area is 139 Å². The number of fused-ring (bicyclic) bond motifs is 1. The zero-order valence-corrected chi connectivity index (χ0v) is 13.9. The maximum absolute atomic E-state index is 5.94. The van der Waals surface area contributed by atoms with E-state index in [9.17, 15) is 0 Å². The van der Waals surface area contributed by atoms with Crippen LogP contribution in [0.25, 0.3) is 11.0 Å². The van der Waals surface area contributed by atoms with E-state index >= 15 is 0 Å². The molecule has 0 aliphatic carbocycles. The zero-order valence-electron chi connectivity index (χ0n) is 13.9. The van der Waals surface area contributed by atoms with E-state index in [-0.39, 0.29) is 6.10 Å². The van der Waals surface area contributed by atoms with Crippen LogP contribution < -0.4 is 20.5 Å². The first kappa shape index (κ1) is 15.9. The second-order valence-electron chi connectivity index (χ2n) is 5.42. The molecule has 8 nitrogen and oxygen atoms in total. The van der Waals surface area contributed by atoms with Crippen molar-refractivity contribution in [2.75, 3.05) is 24.7 Å². The molecule has 3 aromatic rings. The van der Waals surface area contributed by atoms with Gasteiger partial charge in [0.15, 0.2) is 5.65 Å². The third-order valence-electron chi connectivity index (χ3n) is 3.57. The molecule has 1 aromatic carbocycles. The quantitative estimate of drug-likeness (QED) is 0.712. The lowest BCUT2D eigenvalue weighted by molar-refractivity contribution is 0.234. The molecule has 0 aliphatic rings. The fourth-order valence-electron chi connectivity index (χ4n) is 2.29. The van der Waals surface area contributed by atoms with Crippen LogP contribution in [0.2, 0.25) is 0 Å². The second-order valence-corrected chi connectivity index (χ2v) is 5.42. The maximum Gasteiger partial charge on any atom is 0.226 e. The Hall–Kier alpha value is -3.03. The van der Waals surface area contributed by atoms with Crippen molar-refractivity contribution in [3.05, 3.63) is 30.5 Å².